The Kier molecular flexibility index (Phi) is 7.84. The quantitative estimate of drug-likeness (QED) is 0.266. The van der Waals surface area contributed by atoms with Gasteiger partial charge in [0.15, 0.2) is 11.6 Å². The second kappa shape index (κ2) is 11.1. The van der Waals surface area contributed by atoms with Crippen LogP contribution in [0.5, 0.6) is 11.5 Å². The number of carboxylic acid groups (broad SMARTS) is 1. The van der Waals surface area contributed by atoms with Crippen LogP contribution >= 0.6 is 0 Å². The maximum atomic E-state index is 15.7. The van der Waals surface area contributed by atoms with Crippen LogP contribution < -0.4 is 9.47 Å². The van der Waals surface area contributed by atoms with Gasteiger partial charge in [0.1, 0.15) is 24.0 Å². The summed E-state index contributed by atoms with van der Waals surface area (Å²) in [4.78, 5) is 11.5. The van der Waals surface area contributed by atoms with E-state index in [9.17, 15) is 9.90 Å². The van der Waals surface area contributed by atoms with E-state index in [1.807, 2.05) is 6.92 Å². The number of aliphatic carboxylic acids is 1. The SMILES string of the molecule is COc1ccc(F)c(-c2cc(F)c(COc3cccc([C@@H](CC(=O)O)C4(C)CC4)c3F)cc2[C@H]2CCCC2(C)C)c1. The van der Waals surface area contributed by atoms with Crippen molar-refractivity contribution in [3.05, 3.63) is 82.7 Å². The first-order valence-electron chi connectivity index (χ1n) is 14.2. The summed E-state index contributed by atoms with van der Waals surface area (Å²) in [6, 6.07) is 12.3. The molecule has 7 heteroatoms. The molecule has 2 aliphatic rings. The first-order chi connectivity index (χ1) is 19.4. The molecule has 0 bridgehead atoms. The van der Waals surface area contributed by atoms with E-state index in [4.69, 9.17) is 9.47 Å². The highest BCUT2D eigenvalue weighted by Crippen LogP contribution is 2.58. The molecule has 0 unspecified atom stereocenters. The first kappa shape index (κ1) is 29.0. The number of halogens is 3. The van der Waals surface area contributed by atoms with Gasteiger partial charge in [-0.05, 0) is 95.5 Å². The summed E-state index contributed by atoms with van der Waals surface area (Å²) >= 11 is 0. The first-order valence-corrected chi connectivity index (χ1v) is 14.2. The average Bonchev–Trinajstić information content (AvgIpc) is 3.58. The van der Waals surface area contributed by atoms with E-state index >= 15 is 13.2 Å². The summed E-state index contributed by atoms with van der Waals surface area (Å²) < 4.78 is 57.6. The van der Waals surface area contributed by atoms with Gasteiger partial charge in [-0.3, -0.25) is 4.79 Å². The number of hydrogen-bond acceptors (Lipinski definition) is 3. The molecule has 0 saturated heterocycles. The monoisotopic (exact) mass is 566 g/mol. The third kappa shape index (κ3) is 5.81. The number of methoxy groups -OCH3 is 1. The number of benzene rings is 3. The van der Waals surface area contributed by atoms with Crippen molar-refractivity contribution in [2.45, 2.75) is 77.7 Å². The molecule has 0 heterocycles. The van der Waals surface area contributed by atoms with E-state index < -0.39 is 29.3 Å². The highest BCUT2D eigenvalue weighted by Gasteiger charge is 2.47. The summed E-state index contributed by atoms with van der Waals surface area (Å²) in [6.45, 7) is 6.09. The van der Waals surface area contributed by atoms with Crippen LogP contribution in [-0.2, 0) is 11.4 Å². The van der Waals surface area contributed by atoms with Gasteiger partial charge in [-0.15, -0.1) is 0 Å². The molecule has 1 N–H and O–H groups in total. The highest BCUT2D eigenvalue weighted by atomic mass is 19.1. The Morgan fingerprint density at radius 2 is 1.76 bits per heavy atom. The maximum Gasteiger partial charge on any atom is 0.303 e. The minimum atomic E-state index is -0.981. The van der Waals surface area contributed by atoms with E-state index in [0.29, 0.717) is 16.9 Å². The van der Waals surface area contributed by atoms with Crippen molar-refractivity contribution in [3.63, 3.8) is 0 Å². The molecule has 0 aromatic heterocycles. The summed E-state index contributed by atoms with van der Waals surface area (Å²) in [5, 5.41) is 9.46. The molecule has 0 spiro atoms. The van der Waals surface area contributed by atoms with Crippen LogP contribution in [0.4, 0.5) is 13.2 Å². The number of carbonyl (C=O) groups is 1. The van der Waals surface area contributed by atoms with Crippen LogP contribution in [0.1, 0.15) is 87.8 Å². The van der Waals surface area contributed by atoms with Crippen LogP contribution in [0, 0.1) is 28.3 Å². The molecule has 2 fully saturated rings. The molecule has 2 atom stereocenters. The van der Waals surface area contributed by atoms with E-state index in [2.05, 4.69) is 13.8 Å². The Morgan fingerprint density at radius 3 is 2.39 bits per heavy atom. The fraction of sp³-hybridized carbons (Fsp3) is 0.441. The lowest BCUT2D eigenvalue weighted by Gasteiger charge is -2.30. The molecule has 3 aromatic rings. The summed E-state index contributed by atoms with van der Waals surface area (Å²) in [7, 11) is 1.50. The maximum absolute atomic E-state index is 15.7. The average molecular weight is 567 g/mol. The number of carboxylic acids is 1. The second-order valence-corrected chi connectivity index (χ2v) is 12.6. The van der Waals surface area contributed by atoms with E-state index in [0.717, 1.165) is 37.7 Å². The van der Waals surface area contributed by atoms with E-state index in [-0.39, 0.29) is 46.7 Å². The fourth-order valence-electron chi connectivity index (χ4n) is 6.53. The Labute approximate surface area is 239 Å². The minimum Gasteiger partial charge on any atom is -0.497 e. The molecular weight excluding hydrogens is 529 g/mol. The normalized spacial score (nSPS) is 19.5. The number of hydrogen-bond donors (Lipinski definition) is 1. The van der Waals surface area contributed by atoms with Crippen LogP contribution in [0.25, 0.3) is 11.1 Å². The topological polar surface area (TPSA) is 55.8 Å². The third-order valence-corrected chi connectivity index (χ3v) is 9.33. The van der Waals surface area contributed by atoms with Crippen molar-refractivity contribution in [3.8, 4) is 22.6 Å². The lowest BCUT2D eigenvalue weighted by molar-refractivity contribution is -0.137. The van der Waals surface area contributed by atoms with Crippen LogP contribution in [0.2, 0.25) is 0 Å². The van der Waals surface area contributed by atoms with Crippen molar-refractivity contribution >= 4 is 5.97 Å². The summed E-state index contributed by atoms with van der Waals surface area (Å²) in [6.07, 6.45) is 4.39. The van der Waals surface area contributed by atoms with Crippen LogP contribution in [0.15, 0.2) is 48.5 Å². The second-order valence-electron chi connectivity index (χ2n) is 12.6. The predicted octanol–water partition coefficient (Wildman–Crippen LogP) is 9.01. The number of rotatable bonds is 10. The van der Waals surface area contributed by atoms with Gasteiger partial charge in [-0.25, -0.2) is 13.2 Å². The lowest BCUT2D eigenvalue weighted by atomic mass is 9.75. The zero-order chi connectivity index (χ0) is 29.5. The van der Waals surface area contributed by atoms with Gasteiger partial charge in [0.2, 0.25) is 0 Å². The van der Waals surface area contributed by atoms with Crippen molar-refractivity contribution in [2.24, 2.45) is 10.8 Å². The van der Waals surface area contributed by atoms with Gasteiger partial charge in [-0.1, -0.05) is 39.3 Å². The molecule has 4 nitrogen and oxygen atoms in total. The van der Waals surface area contributed by atoms with Gasteiger partial charge in [-0.2, -0.15) is 0 Å². The minimum absolute atomic E-state index is 0.0489. The van der Waals surface area contributed by atoms with Gasteiger partial charge in [0, 0.05) is 17.0 Å². The third-order valence-electron chi connectivity index (χ3n) is 9.33. The van der Waals surface area contributed by atoms with Crippen molar-refractivity contribution in [2.75, 3.05) is 7.11 Å². The van der Waals surface area contributed by atoms with Crippen molar-refractivity contribution < 1.29 is 32.5 Å². The molecule has 3 aromatic carbocycles. The number of ether oxygens (including phenoxy) is 2. The van der Waals surface area contributed by atoms with Crippen LogP contribution in [-0.4, -0.2) is 18.2 Å². The largest absolute Gasteiger partial charge is 0.497 e. The Balaban J connectivity index is 1.50. The van der Waals surface area contributed by atoms with Gasteiger partial charge in [0.05, 0.1) is 13.5 Å². The van der Waals surface area contributed by atoms with Gasteiger partial charge in [0.25, 0.3) is 0 Å². The molecule has 0 aliphatic heterocycles. The summed E-state index contributed by atoms with van der Waals surface area (Å²) in [5.74, 6) is -2.62. The predicted molar refractivity (Wildman–Crippen MR) is 152 cm³/mol. The molecule has 0 radical (unpaired) electrons. The highest BCUT2D eigenvalue weighted by molar-refractivity contribution is 5.71. The zero-order valence-corrected chi connectivity index (χ0v) is 24.0. The molecule has 41 heavy (non-hydrogen) atoms. The Hall–Kier alpha value is -3.48. The van der Waals surface area contributed by atoms with Crippen molar-refractivity contribution in [1.82, 2.24) is 0 Å². The van der Waals surface area contributed by atoms with Crippen molar-refractivity contribution in [1.29, 1.82) is 0 Å². The molecule has 2 saturated carbocycles. The Bertz CT molecular complexity index is 1460. The van der Waals surface area contributed by atoms with Crippen LogP contribution in [0.3, 0.4) is 0 Å². The standard InChI is InChI=1S/C34H37F3O4/c1-33(2)12-6-8-26(33)24-15-20(29(36)17-23(24)25-16-21(40-4)10-11-28(25)35)19-41-30-9-5-7-22(32(30)37)27(18-31(38)39)34(3)13-14-34/h5,7,9-11,15-17,26-27H,6,8,12-14,18-19H2,1-4H3,(H,38,39)/t26-,27-/m1/s1. The molecular formula is C34H37F3O4. The Morgan fingerprint density at radius 1 is 1.00 bits per heavy atom. The molecule has 218 valence electrons. The van der Waals surface area contributed by atoms with E-state index in [1.54, 1.807) is 24.3 Å². The van der Waals surface area contributed by atoms with E-state index in [1.165, 1.54) is 31.4 Å². The molecule has 5 rings (SSSR count). The van der Waals surface area contributed by atoms with Gasteiger partial charge < -0.3 is 14.6 Å². The zero-order valence-electron chi connectivity index (χ0n) is 24.0. The summed E-state index contributed by atoms with van der Waals surface area (Å²) in [5.41, 5.74) is 1.79. The fourth-order valence-corrected chi connectivity index (χ4v) is 6.53. The van der Waals surface area contributed by atoms with Gasteiger partial charge >= 0.3 is 5.97 Å². The lowest BCUT2D eigenvalue weighted by Crippen LogP contribution is -2.18. The molecule has 2 aliphatic carbocycles. The molecule has 0 amide bonds. The smallest absolute Gasteiger partial charge is 0.303 e.